The van der Waals surface area contributed by atoms with Gasteiger partial charge in [0, 0.05) is 18.7 Å². The summed E-state index contributed by atoms with van der Waals surface area (Å²) in [6.45, 7) is 7.34. The summed E-state index contributed by atoms with van der Waals surface area (Å²) in [6, 6.07) is 5.95. The van der Waals surface area contributed by atoms with Gasteiger partial charge in [-0.1, -0.05) is 12.1 Å². The highest BCUT2D eigenvalue weighted by Crippen LogP contribution is 2.32. The number of carbonyl (C=O) groups excluding carboxylic acids is 1. The quantitative estimate of drug-likeness (QED) is 0.928. The van der Waals surface area contributed by atoms with Gasteiger partial charge in [-0.05, 0) is 68.3 Å². The molecule has 1 aromatic carbocycles. The van der Waals surface area contributed by atoms with Gasteiger partial charge in [0.05, 0.1) is 6.61 Å². The highest BCUT2D eigenvalue weighted by molar-refractivity contribution is 5.94. The van der Waals surface area contributed by atoms with Gasteiger partial charge < -0.3 is 15.4 Å². The molecule has 2 fully saturated rings. The monoisotopic (exact) mass is 302 g/mol. The number of nitrogens with two attached hydrogens (primary N) is 1. The first-order chi connectivity index (χ1) is 10.6. The van der Waals surface area contributed by atoms with Crippen LogP contribution in [0.25, 0.3) is 0 Å². The molecule has 0 aliphatic carbocycles. The Labute approximate surface area is 132 Å². The second-order valence-electron chi connectivity index (χ2n) is 6.69. The minimum Gasteiger partial charge on any atom is -0.381 e. The standard InChI is InChI=1S/C18H26N2O2/c1-13-16(3-2-4-17(13)18(19)21)15-5-8-20(9-6-15)11-14-7-10-22-12-14/h2-4,14-15H,5-12H2,1H3,(H2,19,21). The van der Waals surface area contributed by atoms with Crippen molar-refractivity contribution in [3.63, 3.8) is 0 Å². The fraction of sp³-hybridized carbons (Fsp3) is 0.611. The molecule has 4 heteroatoms. The van der Waals surface area contributed by atoms with Crippen molar-refractivity contribution < 1.29 is 9.53 Å². The molecule has 2 aliphatic rings. The van der Waals surface area contributed by atoms with Crippen LogP contribution in [-0.2, 0) is 4.74 Å². The van der Waals surface area contributed by atoms with E-state index in [0.717, 1.165) is 50.6 Å². The predicted molar refractivity (Wildman–Crippen MR) is 87.0 cm³/mol. The minimum absolute atomic E-state index is 0.321. The lowest BCUT2D eigenvalue weighted by molar-refractivity contribution is 0.0999. The number of amides is 1. The number of rotatable bonds is 4. The van der Waals surface area contributed by atoms with E-state index in [-0.39, 0.29) is 5.91 Å². The van der Waals surface area contributed by atoms with Crippen LogP contribution < -0.4 is 5.73 Å². The highest BCUT2D eigenvalue weighted by Gasteiger charge is 2.25. The van der Waals surface area contributed by atoms with Crippen molar-refractivity contribution in [2.24, 2.45) is 11.7 Å². The second-order valence-corrected chi connectivity index (χ2v) is 6.69. The van der Waals surface area contributed by atoms with E-state index in [1.54, 1.807) is 0 Å². The van der Waals surface area contributed by atoms with Crippen molar-refractivity contribution >= 4 is 5.91 Å². The van der Waals surface area contributed by atoms with Crippen LogP contribution in [0.3, 0.4) is 0 Å². The first kappa shape index (κ1) is 15.5. The van der Waals surface area contributed by atoms with E-state index in [0.29, 0.717) is 11.5 Å². The maximum absolute atomic E-state index is 11.5. The zero-order valence-corrected chi connectivity index (χ0v) is 13.4. The second kappa shape index (κ2) is 6.80. The maximum atomic E-state index is 11.5. The average Bonchev–Trinajstić information content (AvgIpc) is 3.01. The van der Waals surface area contributed by atoms with Crippen molar-refractivity contribution in [1.82, 2.24) is 4.90 Å². The van der Waals surface area contributed by atoms with Crippen molar-refractivity contribution in [2.45, 2.75) is 32.1 Å². The molecule has 0 radical (unpaired) electrons. The molecule has 0 spiro atoms. The predicted octanol–water partition coefficient (Wildman–Crippen LogP) is 2.31. The molecule has 2 heterocycles. The topological polar surface area (TPSA) is 55.6 Å². The Hall–Kier alpha value is -1.39. The Bertz CT molecular complexity index is 530. The lowest BCUT2D eigenvalue weighted by Gasteiger charge is -2.34. The van der Waals surface area contributed by atoms with Crippen LogP contribution in [0.2, 0.25) is 0 Å². The lowest BCUT2D eigenvalue weighted by Crippen LogP contribution is -2.37. The van der Waals surface area contributed by atoms with Gasteiger partial charge in [-0.3, -0.25) is 4.79 Å². The van der Waals surface area contributed by atoms with Crippen molar-refractivity contribution in [1.29, 1.82) is 0 Å². The number of piperidine rings is 1. The molecule has 22 heavy (non-hydrogen) atoms. The number of benzene rings is 1. The molecule has 2 saturated heterocycles. The van der Waals surface area contributed by atoms with E-state index < -0.39 is 0 Å². The molecule has 1 unspecified atom stereocenters. The third-order valence-electron chi connectivity index (χ3n) is 5.21. The molecule has 2 N–H and O–H groups in total. The number of carbonyl (C=O) groups is 1. The first-order valence-corrected chi connectivity index (χ1v) is 8.34. The largest absolute Gasteiger partial charge is 0.381 e. The third kappa shape index (κ3) is 3.33. The van der Waals surface area contributed by atoms with Crippen molar-refractivity contribution in [3.8, 4) is 0 Å². The molecule has 4 nitrogen and oxygen atoms in total. The van der Waals surface area contributed by atoms with E-state index in [4.69, 9.17) is 10.5 Å². The molecule has 120 valence electrons. The van der Waals surface area contributed by atoms with Crippen LogP contribution in [-0.4, -0.2) is 43.7 Å². The highest BCUT2D eigenvalue weighted by atomic mass is 16.5. The molecular weight excluding hydrogens is 276 g/mol. The Kier molecular flexibility index (Phi) is 4.79. The molecule has 3 rings (SSSR count). The Morgan fingerprint density at radius 3 is 2.73 bits per heavy atom. The van der Waals surface area contributed by atoms with E-state index in [1.165, 1.54) is 18.5 Å². The molecule has 0 aromatic heterocycles. The summed E-state index contributed by atoms with van der Waals surface area (Å²) in [5, 5.41) is 0. The van der Waals surface area contributed by atoms with Gasteiger partial charge in [-0.15, -0.1) is 0 Å². The van der Waals surface area contributed by atoms with Gasteiger partial charge in [-0.2, -0.15) is 0 Å². The van der Waals surface area contributed by atoms with Gasteiger partial charge >= 0.3 is 0 Å². The Morgan fingerprint density at radius 1 is 1.32 bits per heavy atom. The van der Waals surface area contributed by atoms with Crippen LogP contribution in [0.1, 0.15) is 46.7 Å². The summed E-state index contributed by atoms with van der Waals surface area (Å²) in [7, 11) is 0. The minimum atomic E-state index is -0.321. The van der Waals surface area contributed by atoms with E-state index in [2.05, 4.69) is 11.0 Å². The maximum Gasteiger partial charge on any atom is 0.248 e. The zero-order chi connectivity index (χ0) is 15.5. The van der Waals surface area contributed by atoms with E-state index in [9.17, 15) is 4.79 Å². The Morgan fingerprint density at radius 2 is 2.09 bits per heavy atom. The smallest absolute Gasteiger partial charge is 0.248 e. The fourth-order valence-electron chi connectivity index (χ4n) is 3.88. The number of primary amides is 1. The van der Waals surface area contributed by atoms with Crippen LogP contribution in [0.4, 0.5) is 0 Å². The average molecular weight is 302 g/mol. The summed E-state index contributed by atoms with van der Waals surface area (Å²) >= 11 is 0. The van der Waals surface area contributed by atoms with Gasteiger partial charge in [0.25, 0.3) is 0 Å². The summed E-state index contributed by atoms with van der Waals surface area (Å²) in [5.41, 5.74) is 8.51. The van der Waals surface area contributed by atoms with Crippen LogP contribution >= 0.6 is 0 Å². The molecule has 1 aromatic rings. The molecule has 0 saturated carbocycles. The van der Waals surface area contributed by atoms with Gasteiger partial charge in [0.1, 0.15) is 0 Å². The molecule has 2 aliphatic heterocycles. The normalized spacial score (nSPS) is 23.8. The molecular formula is C18H26N2O2. The van der Waals surface area contributed by atoms with Crippen LogP contribution in [0.5, 0.6) is 0 Å². The lowest BCUT2D eigenvalue weighted by atomic mass is 9.85. The number of hydrogen-bond acceptors (Lipinski definition) is 3. The first-order valence-electron chi connectivity index (χ1n) is 8.34. The number of hydrogen-bond donors (Lipinski definition) is 1. The van der Waals surface area contributed by atoms with E-state index in [1.807, 2.05) is 19.1 Å². The van der Waals surface area contributed by atoms with Gasteiger partial charge in [-0.25, -0.2) is 0 Å². The number of ether oxygens (including phenoxy) is 1. The summed E-state index contributed by atoms with van der Waals surface area (Å²) in [4.78, 5) is 14.1. The van der Waals surface area contributed by atoms with Crippen LogP contribution in [0, 0.1) is 12.8 Å². The zero-order valence-electron chi connectivity index (χ0n) is 13.4. The molecule has 1 atom stereocenters. The number of likely N-dealkylation sites (tertiary alicyclic amines) is 1. The van der Waals surface area contributed by atoms with Gasteiger partial charge in [0.2, 0.25) is 5.91 Å². The molecule has 0 bridgehead atoms. The molecule has 1 amide bonds. The van der Waals surface area contributed by atoms with Crippen LogP contribution in [0.15, 0.2) is 18.2 Å². The third-order valence-corrected chi connectivity index (χ3v) is 5.21. The summed E-state index contributed by atoms with van der Waals surface area (Å²) in [6.07, 6.45) is 3.53. The SMILES string of the molecule is Cc1c(C(N)=O)cccc1C1CCN(CC2CCOC2)CC1. The fourth-order valence-corrected chi connectivity index (χ4v) is 3.88. The Balaban J connectivity index is 1.61. The number of nitrogens with zero attached hydrogens (tertiary/aromatic N) is 1. The van der Waals surface area contributed by atoms with Crippen molar-refractivity contribution in [3.05, 3.63) is 34.9 Å². The summed E-state index contributed by atoms with van der Waals surface area (Å²) < 4.78 is 5.47. The van der Waals surface area contributed by atoms with Gasteiger partial charge in [0.15, 0.2) is 0 Å². The summed E-state index contributed by atoms with van der Waals surface area (Å²) in [5.74, 6) is 0.949. The van der Waals surface area contributed by atoms with E-state index >= 15 is 0 Å². The van der Waals surface area contributed by atoms with Crippen molar-refractivity contribution in [2.75, 3.05) is 32.8 Å².